The molecular formula is C26H31N5O5. The van der Waals surface area contributed by atoms with Crippen molar-refractivity contribution in [1.82, 2.24) is 5.32 Å². The first-order chi connectivity index (χ1) is 17.6. The minimum atomic E-state index is -1.36. The highest BCUT2D eigenvalue weighted by molar-refractivity contribution is 6.01. The van der Waals surface area contributed by atoms with Crippen molar-refractivity contribution in [3.63, 3.8) is 0 Å². The van der Waals surface area contributed by atoms with Gasteiger partial charge in [-0.2, -0.15) is 0 Å². The monoisotopic (exact) mass is 493 g/mol. The largest absolute Gasteiger partial charge is 0.494 e. The third-order valence-electron chi connectivity index (χ3n) is 5.67. The van der Waals surface area contributed by atoms with Gasteiger partial charge in [-0.1, -0.05) is 35.5 Å². The van der Waals surface area contributed by atoms with E-state index < -0.39 is 11.6 Å². The third-order valence-corrected chi connectivity index (χ3v) is 5.67. The van der Waals surface area contributed by atoms with Crippen LogP contribution in [0.5, 0.6) is 5.75 Å². The number of nitrogens with one attached hydrogen (secondary N) is 1. The molecule has 1 aliphatic rings. The Kier molecular flexibility index (Phi) is 9.88. The molecule has 0 aromatic heterocycles. The van der Waals surface area contributed by atoms with Crippen LogP contribution in [-0.4, -0.2) is 55.9 Å². The predicted molar refractivity (Wildman–Crippen MR) is 136 cm³/mol. The fourth-order valence-corrected chi connectivity index (χ4v) is 3.93. The first kappa shape index (κ1) is 26.7. The summed E-state index contributed by atoms with van der Waals surface area (Å²) >= 11 is 0. The van der Waals surface area contributed by atoms with Gasteiger partial charge < -0.3 is 24.6 Å². The van der Waals surface area contributed by atoms with Crippen molar-refractivity contribution >= 4 is 17.5 Å². The molecule has 2 N–H and O–H groups in total. The number of carbonyl (C=O) groups is 1. The average Bonchev–Trinajstić information content (AvgIpc) is 3.28. The van der Waals surface area contributed by atoms with E-state index in [9.17, 15) is 4.79 Å². The van der Waals surface area contributed by atoms with Crippen molar-refractivity contribution < 1.29 is 24.1 Å². The Labute approximate surface area is 210 Å². The highest BCUT2D eigenvalue weighted by Crippen LogP contribution is 2.45. The molecule has 190 valence electrons. The van der Waals surface area contributed by atoms with E-state index >= 15 is 0 Å². The van der Waals surface area contributed by atoms with Gasteiger partial charge in [0.25, 0.3) is 5.91 Å². The molecule has 0 unspecified atom stereocenters. The first-order valence-corrected chi connectivity index (χ1v) is 11.7. The second kappa shape index (κ2) is 13.3. The van der Waals surface area contributed by atoms with Crippen molar-refractivity contribution in [3.05, 3.63) is 82.8 Å². The third kappa shape index (κ3) is 6.23. The summed E-state index contributed by atoms with van der Waals surface area (Å²) in [5, 5.41) is 15.7. The molecule has 2 atom stereocenters. The molecule has 0 radical (unpaired) electrons. The lowest BCUT2D eigenvalue weighted by Gasteiger charge is -2.30. The SMILES string of the molecule is C=CC[C@]1(C(=O)NCCCOC)N=C(c2ccc(OCCCO)cc2)O[C@H]1c1ccccc1N=[N+]=[N-]. The normalized spacial score (nSPS) is 18.5. The van der Waals surface area contributed by atoms with Crippen LogP contribution in [0.3, 0.4) is 0 Å². The molecule has 1 aliphatic heterocycles. The molecule has 2 aromatic carbocycles. The van der Waals surface area contributed by atoms with Crippen LogP contribution in [0.4, 0.5) is 5.69 Å². The van der Waals surface area contributed by atoms with Gasteiger partial charge in [-0.3, -0.25) is 4.79 Å². The Bertz CT molecular complexity index is 1110. The van der Waals surface area contributed by atoms with Crippen LogP contribution in [0.2, 0.25) is 0 Å². The van der Waals surface area contributed by atoms with Crippen molar-refractivity contribution in [2.75, 3.05) is 33.5 Å². The van der Waals surface area contributed by atoms with Crippen LogP contribution in [0.1, 0.15) is 36.5 Å². The van der Waals surface area contributed by atoms with Crippen LogP contribution < -0.4 is 10.1 Å². The zero-order valence-corrected chi connectivity index (χ0v) is 20.3. The Balaban J connectivity index is 2.00. The van der Waals surface area contributed by atoms with Gasteiger partial charge in [0.2, 0.25) is 5.90 Å². The highest BCUT2D eigenvalue weighted by atomic mass is 16.5. The van der Waals surface area contributed by atoms with Crippen LogP contribution in [0.15, 0.2) is 71.3 Å². The minimum Gasteiger partial charge on any atom is -0.494 e. The number of carbonyl (C=O) groups excluding carboxylic acids is 1. The molecule has 3 rings (SSSR count). The van der Waals surface area contributed by atoms with E-state index in [-0.39, 0.29) is 24.8 Å². The van der Waals surface area contributed by atoms with E-state index in [0.29, 0.717) is 55.2 Å². The molecule has 0 saturated heterocycles. The number of hydrogen-bond acceptors (Lipinski definition) is 7. The second-order valence-electron chi connectivity index (χ2n) is 8.13. The molecule has 0 fully saturated rings. The van der Waals surface area contributed by atoms with E-state index in [0.717, 1.165) is 0 Å². The predicted octanol–water partition coefficient (Wildman–Crippen LogP) is 4.38. The number of aliphatic hydroxyl groups excluding tert-OH is 1. The topological polar surface area (TPSA) is 138 Å². The standard InChI is InChI=1S/C26H31N5O5/c1-3-14-26(25(33)28-15-6-17-34-2)23(21-8-4-5-9-22(21)30-31-27)36-24(29-26)19-10-12-20(13-11-19)35-18-7-16-32/h3-5,8-13,23,32H,1,6-7,14-18H2,2H3,(H,28,33)/t23-,26-/m0/s1. The summed E-state index contributed by atoms with van der Waals surface area (Å²) < 4.78 is 17.0. The van der Waals surface area contributed by atoms with E-state index in [1.165, 1.54) is 0 Å². The van der Waals surface area contributed by atoms with Gasteiger partial charge in [0.05, 0.1) is 6.61 Å². The lowest BCUT2D eigenvalue weighted by atomic mass is 9.84. The van der Waals surface area contributed by atoms with E-state index in [1.54, 1.807) is 61.7 Å². The minimum absolute atomic E-state index is 0.0559. The Morgan fingerprint density at radius 1 is 1.28 bits per heavy atom. The van der Waals surface area contributed by atoms with Crippen molar-refractivity contribution in [2.45, 2.75) is 30.9 Å². The number of aliphatic hydroxyl groups is 1. The number of hydrogen-bond donors (Lipinski definition) is 2. The van der Waals surface area contributed by atoms with Crippen molar-refractivity contribution in [2.24, 2.45) is 10.1 Å². The molecule has 36 heavy (non-hydrogen) atoms. The van der Waals surface area contributed by atoms with Crippen LogP contribution in [0, 0.1) is 0 Å². The molecular weight excluding hydrogens is 462 g/mol. The van der Waals surface area contributed by atoms with E-state index in [2.05, 4.69) is 21.9 Å². The second-order valence-corrected chi connectivity index (χ2v) is 8.13. The quantitative estimate of drug-likeness (QED) is 0.132. The summed E-state index contributed by atoms with van der Waals surface area (Å²) in [5.41, 5.74) is 9.29. The average molecular weight is 494 g/mol. The number of methoxy groups -OCH3 is 1. The summed E-state index contributed by atoms with van der Waals surface area (Å²) in [7, 11) is 1.61. The van der Waals surface area contributed by atoms with Gasteiger partial charge in [-0.15, -0.1) is 6.58 Å². The highest BCUT2D eigenvalue weighted by Gasteiger charge is 2.52. The Morgan fingerprint density at radius 3 is 2.75 bits per heavy atom. The van der Waals surface area contributed by atoms with Crippen LogP contribution >= 0.6 is 0 Å². The van der Waals surface area contributed by atoms with Crippen LogP contribution in [0.25, 0.3) is 10.4 Å². The fourth-order valence-electron chi connectivity index (χ4n) is 3.93. The molecule has 2 aromatic rings. The maximum atomic E-state index is 13.6. The number of rotatable bonds is 14. The number of amides is 1. The Morgan fingerprint density at radius 2 is 2.06 bits per heavy atom. The molecule has 0 saturated carbocycles. The van der Waals surface area contributed by atoms with E-state index in [4.69, 9.17) is 29.8 Å². The van der Waals surface area contributed by atoms with Gasteiger partial charge in [-0.25, -0.2) is 4.99 Å². The number of ether oxygens (including phenoxy) is 3. The molecule has 10 heteroatoms. The van der Waals surface area contributed by atoms with E-state index in [1.807, 2.05) is 0 Å². The molecule has 10 nitrogen and oxygen atoms in total. The Hall–Kier alpha value is -3.85. The molecule has 1 heterocycles. The van der Waals surface area contributed by atoms with Crippen molar-refractivity contribution in [1.29, 1.82) is 0 Å². The zero-order valence-electron chi connectivity index (χ0n) is 20.3. The fraction of sp³-hybridized carbons (Fsp3) is 0.385. The summed E-state index contributed by atoms with van der Waals surface area (Å²) in [6.45, 7) is 5.22. The van der Waals surface area contributed by atoms with Gasteiger partial charge in [-0.05, 0) is 36.2 Å². The summed E-state index contributed by atoms with van der Waals surface area (Å²) in [6, 6.07) is 14.1. The van der Waals surface area contributed by atoms with Crippen LogP contribution in [-0.2, 0) is 14.3 Å². The van der Waals surface area contributed by atoms with Gasteiger partial charge in [0, 0.05) is 61.4 Å². The van der Waals surface area contributed by atoms with Crippen molar-refractivity contribution in [3.8, 4) is 5.75 Å². The molecule has 0 bridgehead atoms. The zero-order chi connectivity index (χ0) is 25.8. The molecule has 1 amide bonds. The number of azide groups is 1. The van der Waals surface area contributed by atoms with Gasteiger partial charge in [0.1, 0.15) is 5.75 Å². The summed E-state index contributed by atoms with van der Waals surface area (Å²) in [4.78, 5) is 21.4. The summed E-state index contributed by atoms with van der Waals surface area (Å²) in [5.74, 6) is 0.606. The first-order valence-electron chi connectivity index (χ1n) is 11.7. The number of aliphatic imine (C=N–C) groups is 1. The smallest absolute Gasteiger partial charge is 0.252 e. The lowest BCUT2D eigenvalue weighted by Crippen LogP contribution is -2.48. The summed E-state index contributed by atoms with van der Waals surface area (Å²) in [6.07, 6.45) is 2.15. The number of nitrogens with zero attached hydrogens (tertiary/aromatic N) is 4. The maximum Gasteiger partial charge on any atom is 0.252 e. The van der Waals surface area contributed by atoms with Gasteiger partial charge in [0.15, 0.2) is 11.6 Å². The number of benzene rings is 2. The molecule has 0 spiro atoms. The lowest BCUT2D eigenvalue weighted by molar-refractivity contribution is -0.128. The maximum absolute atomic E-state index is 13.6. The molecule has 0 aliphatic carbocycles. The van der Waals surface area contributed by atoms with Gasteiger partial charge >= 0.3 is 0 Å².